The highest BCUT2D eigenvalue weighted by atomic mass is 32.2. The monoisotopic (exact) mass is 280 g/mol. The average Bonchev–Trinajstić information content (AvgIpc) is 3.01. The molecule has 3 rings (SSSR count). The maximum Gasteiger partial charge on any atom is 0.181 e. The van der Waals surface area contributed by atoms with Crippen molar-refractivity contribution in [1.29, 1.82) is 0 Å². The van der Waals surface area contributed by atoms with Crippen molar-refractivity contribution < 1.29 is 4.42 Å². The summed E-state index contributed by atoms with van der Waals surface area (Å²) in [6, 6.07) is 2.28. The number of aryl methyl sites for hydroxylation is 1. The normalized spacial score (nSPS) is 14.7. The second kappa shape index (κ2) is 5.47. The standard InChI is InChI=1S/C13H16N2OS2/c1-2-14-6-10-13(16-8-15-10)12-5-9-7-17-4-3-11(9)18-12/h5,8,14H,2-4,6-7H2,1H3. The molecule has 0 amide bonds. The summed E-state index contributed by atoms with van der Waals surface area (Å²) >= 11 is 3.88. The molecule has 0 fully saturated rings. The predicted octanol–water partition coefficient (Wildman–Crippen LogP) is 3.30. The minimum absolute atomic E-state index is 0.777. The summed E-state index contributed by atoms with van der Waals surface area (Å²) in [7, 11) is 0. The third kappa shape index (κ3) is 2.35. The molecule has 0 aromatic carbocycles. The Kier molecular flexibility index (Phi) is 3.72. The van der Waals surface area contributed by atoms with Crippen LogP contribution in [0, 0.1) is 0 Å². The molecule has 0 radical (unpaired) electrons. The maximum atomic E-state index is 5.58. The first-order valence-corrected chi connectivity index (χ1v) is 8.18. The van der Waals surface area contributed by atoms with Gasteiger partial charge in [0.15, 0.2) is 12.2 Å². The molecule has 0 atom stereocenters. The van der Waals surface area contributed by atoms with Gasteiger partial charge in [0, 0.05) is 17.2 Å². The summed E-state index contributed by atoms with van der Waals surface area (Å²) < 4.78 is 5.58. The van der Waals surface area contributed by atoms with Crippen LogP contribution in [-0.2, 0) is 18.7 Å². The van der Waals surface area contributed by atoms with Gasteiger partial charge in [-0.2, -0.15) is 11.8 Å². The van der Waals surface area contributed by atoms with Crippen molar-refractivity contribution >= 4 is 23.1 Å². The quantitative estimate of drug-likeness (QED) is 0.932. The Balaban J connectivity index is 1.89. The van der Waals surface area contributed by atoms with Crippen molar-refractivity contribution in [2.75, 3.05) is 12.3 Å². The number of thiophene rings is 1. The number of fused-ring (bicyclic) bond motifs is 1. The highest BCUT2D eigenvalue weighted by Gasteiger charge is 2.18. The number of hydrogen-bond donors (Lipinski definition) is 1. The van der Waals surface area contributed by atoms with Crippen LogP contribution in [0.15, 0.2) is 16.9 Å². The second-order valence-corrected chi connectivity index (χ2v) is 6.51. The molecule has 0 aliphatic carbocycles. The average molecular weight is 280 g/mol. The highest BCUT2D eigenvalue weighted by Crippen LogP contribution is 2.37. The Morgan fingerprint density at radius 1 is 1.50 bits per heavy atom. The molecule has 1 N–H and O–H groups in total. The molecule has 0 saturated heterocycles. The molecule has 3 heterocycles. The van der Waals surface area contributed by atoms with Crippen molar-refractivity contribution in [3.05, 3.63) is 28.6 Å². The summed E-state index contributed by atoms with van der Waals surface area (Å²) in [5.41, 5.74) is 2.50. The van der Waals surface area contributed by atoms with E-state index in [1.54, 1.807) is 6.39 Å². The van der Waals surface area contributed by atoms with Gasteiger partial charge < -0.3 is 9.73 Å². The van der Waals surface area contributed by atoms with Crippen LogP contribution < -0.4 is 5.32 Å². The second-order valence-electron chi connectivity index (χ2n) is 4.27. The fraction of sp³-hybridized carbons (Fsp3) is 0.462. The van der Waals surface area contributed by atoms with Crippen molar-refractivity contribution in [2.45, 2.75) is 25.6 Å². The number of hydrogen-bond acceptors (Lipinski definition) is 5. The zero-order valence-corrected chi connectivity index (χ0v) is 12.0. The number of rotatable bonds is 4. The summed E-state index contributed by atoms with van der Waals surface area (Å²) in [5, 5.41) is 3.30. The fourth-order valence-electron chi connectivity index (χ4n) is 2.10. The zero-order valence-electron chi connectivity index (χ0n) is 10.4. The number of oxazole rings is 1. The van der Waals surface area contributed by atoms with Crippen molar-refractivity contribution in [3.63, 3.8) is 0 Å². The lowest BCUT2D eigenvalue weighted by atomic mass is 10.2. The van der Waals surface area contributed by atoms with Crippen LogP contribution in [0.5, 0.6) is 0 Å². The molecule has 18 heavy (non-hydrogen) atoms. The van der Waals surface area contributed by atoms with E-state index in [0.29, 0.717) is 0 Å². The van der Waals surface area contributed by atoms with Crippen LogP contribution >= 0.6 is 23.1 Å². The fourth-order valence-corrected chi connectivity index (χ4v) is 4.48. The van der Waals surface area contributed by atoms with Gasteiger partial charge in [-0.1, -0.05) is 6.92 Å². The SMILES string of the molecule is CCNCc1ncoc1-c1cc2c(s1)CCSC2. The van der Waals surface area contributed by atoms with Crippen molar-refractivity contribution in [2.24, 2.45) is 0 Å². The van der Waals surface area contributed by atoms with Gasteiger partial charge in [0.1, 0.15) is 5.69 Å². The lowest BCUT2D eigenvalue weighted by molar-refractivity contribution is 0.571. The van der Waals surface area contributed by atoms with E-state index < -0.39 is 0 Å². The first-order valence-electron chi connectivity index (χ1n) is 6.21. The lowest BCUT2D eigenvalue weighted by Crippen LogP contribution is -2.12. The first-order chi connectivity index (χ1) is 8.88. The third-order valence-electron chi connectivity index (χ3n) is 3.04. The first kappa shape index (κ1) is 12.3. The lowest BCUT2D eigenvalue weighted by Gasteiger charge is -2.08. The van der Waals surface area contributed by atoms with Crippen LogP contribution in [0.1, 0.15) is 23.1 Å². The van der Waals surface area contributed by atoms with E-state index in [0.717, 1.165) is 30.3 Å². The summed E-state index contributed by atoms with van der Waals surface area (Å²) in [5.74, 6) is 3.33. The molecule has 2 aromatic rings. The molecule has 0 unspecified atom stereocenters. The molecule has 0 bridgehead atoms. The Morgan fingerprint density at radius 3 is 3.28 bits per heavy atom. The van der Waals surface area contributed by atoms with Gasteiger partial charge in [-0.25, -0.2) is 4.98 Å². The smallest absolute Gasteiger partial charge is 0.181 e. The van der Waals surface area contributed by atoms with E-state index in [4.69, 9.17) is 4.42 Å². The van der Waals surface area contributed by atoms with E-state index >= 15 is 0 Å². The summed E-state index contributed by atoms with van der Waals surface area (Å²) in [6.07, 6.45) is 2.75. The Bertz CT molecular complexity index is 509. The van der Waals surface area contributed by atoms with Gasteiger partial charge in [0.2, 0.25) is 0 Å². The van der Waals surface area contributed by atoms with Gasteiger partial charge in [-0.15, -0.1) is 11.3 Å². The largest absolute Gasteiger partial charge is 0.442 e. The Hall–Kier alpha value is -0.780. The van der Waals surface area contributed by atoms with Gasteiger partial charge >= 0.3 is 0 Å². The molecule has 5 heteroatoms. The van der Waals surface area contributed by atoms with Gasteiger partial charge in [-0.05, 0) is 30.3 Å². The summed E-state index contributed by atoms with van der Waals surface area (Å²) in [6.45, 7) is 3.82. The predicted molar refractivity (Wildman–Crippen MR) is 77.1 cm³/mol. The van der Waals surface area contributed by atoms with Gasteiger partial charge in [-0.3, -0.25) is 0 Å². The number of thioether (sulfide) groups is 1. The molecule has 1 aliphatic rings. The van der Waals surface area contributed by atoms with E-state index in [1.165, 1.54) is 27.5 Å². The maximum absolute atomic E-state index is 5.58. The minimum Gasteiger partial charge on any atom is -0.442 e. The number of nitrogens with zero attached hydrogens (tertiary/aromatic N) is 1. The summed E-state index contributed by atoms with van der Waals surface area (Å²) in [4.78, 5) is 7.06. The van der Waals surface area contributed by atoms with Gasteiger partial charge in [0.25, 0.3) is 0 Å². The number of nitrogens with one attached hydrogen (secondary N) is 1. The highest BCUT2D eigenvalue weighted by molar-refractivity contribution is 7.98. The Labute approximate surface area is 115 Å². The van der Waals surface area contributed by atoms with E-state index in [9.17, 15) is 0 Å². The molecule has 2 aromatic heterocycles. The molecule has 0 spiro atoms. The third-order valence-corrected chi connectivity index (χ3v) is 5.28. The molecule has 96 valence electrons. The van der Waals surface area contributed by atoms with E-state index in [1.807, 2.05) is 23.1 Å². The van der Waals surface area contributed by atoms with Crippen LogP contribution in [0.2, 0.25) is 0 Å². The molecule has 0 saturated carbocycles. The van der Waals surface area contributed by atoms with Crippen LogP contribution in [0.4, 0.5) is 0 Å². The van der Waals surface area contributed by atoms with Crippen LogP contribution in [-0.4, -0.2) is 17.3 Å². The van der Waals surface area contributed by atoms with Gasteiger partial charge in [0.05, 0.1) is 4.88 Å². The molecular formula is C13H16N2OS2. The molecule has 1 aliphatic heterocycles. The van der Waals surface area contributed by atoms with Crippen LogP contribution in [0.25, 0.3) is 10.6 Å². The topological polar surface area (TPSA) is 38.1 Å². The van der Waals surface area contributed by atoms with E-state index in [-0.39, 0.29) is 0 Å². The molecule has 3 nitrogen and oxygen atoms in total. The minimum atomic E-state index is 0.777. The Morgan fingerprint density at radius 2 is 2.44 bits per heavy atom. The van der Waals surface area contributed by atoms with E-state index in [2.05, 4.69) is 23.3 Å². The van der Waals surface area contributed by atoms with Crippen molar-refractivity contribution in [3.8, 4) is 10.6 Å². The van der Waals surface area contributed by atoms with Crippen LogP contribution in [0.3, 0.4) is 0 Å². The zero-order chi connectivity index (χ0) is 12.4. The number of aromatic nitrogens is 1. The van der Waals surface area contributed by atoms with Crippen molar-refractivity contribution in [1.82, 2.24) is 10.3 Å². The molecular weight excluding hydrogens is 264 g/mol.